The van der Waals surface area contributed by atoms with E-state index in [1.54, 1.807) is 7.11 Å². The third kappa shape index (κ3) is 4.36. The molecule has 1 atom stereocenters. The van der Waals surface area contributed by atoms with E-state index in [4.69, 9.17) is 9.84 Å². The summed E-state index contributed by atoms with van der Waals surface area (Å²) < 4.78 is 5.08. The molecular weight excluding hydrogens is 222 g/mol. The van der Waals surface area contributed by atoms with Gasteiger partial charge in [-0.3, -0.25) is 4.98 Å². The highest BCUT2D eigenvalue weighted by Crippen LogP contribution is 2.08. The molecule has 1 unspecified atom stereocenters. The molecule has 0 radical (unpaired) electrons. The number of ether oxygens (including phenoxy) is 1. The fraction of sp³-hybridized carbons (Fsp3) is 0.545. The average molecular weight is 239 g/mol. The molecule has 1 heterocycles. The molecule has 0 aliphatic rings. The maximum absolute atomic E-state index is 10.7. The van der Waals surface area contributed by atoms with Crippen molar-refractivity contribution in [3.05, 3.63) is 18.1 Å². The molecule has 1 rings (SSSR count). The van der Waals surface area contributed by atoms with Crippen LogP contribution in [0.3, 0.4) is 0 Å². The zero-order chi connectivity index (χ0) is 12.7. The highest BCUT2D eigenvalue weighted by molar-refractivity contribution is 5.85. The van der Waals surface area contributed by atoms with Crippen molar-refractivity contribution in [2.75, 3.05) is 19.0 Å². The number of carboxylic acids is 1. The summed E-state index contributed by atoms with van der Waals surface area (Å²) in [5.41, 5.74) is -0.0670. The fourth-order valence-corrected chi connectivity index (χ4v) is 1.49. The third-order valence-corrected chi connectivity index (χ3v) is 2.21. The van der Waals surface area contributed by atoms with Crippen LogP contribution < -0.4 is 5.32 Å². The molecule has 2 N–H and O–H groups in total. The monoisotopic (exact) mass is 239 g/mol. The first-order valence-electron chi connectivity index (χ1n) is 5.48. The van der Waals surface area contributed by atoms with Crippen molar-refractivity contribution in [2.24, 2.45) is 0 Å². The molecule has 0 bridgehead atoms. The summed E-state index contributed by atoms with van der Waals surface area (Å²) >= 11 is 0. The van der Waals surface area contributed by atoms with Crippen molar-refractivity contribution < 1.29 is 14.6 Å². The quantitative estimate of drug-likeness (QED) is 0.748. The van der Waals surface area contributed by atoms with Gasteiger partial charge >= 0.3 is 5.97 Å². The highest BCUT2D eigenvalue weighted by atomic mass is 16.5. The Bertz CT molecular complexity index is 365. The number of aromatic nitrogens is 2. The van der Waals surface area contributed by atoms with Gasteiger partial charge in [-0.25, -0.2) is 9.78 Å². The number of nitrogens with zero attached hydrogens (tertiary/aromatic N) is 2. The summed E-state index contributed by atoms with van der Waals surface area (Å²) in [6.07, 6.45) is 4.66. The van der Waals surface area contributed by atoms with E-state index in [0.717, 1.165) is 12.8 Å². The van der Waals surface area contributed by atoms with Gasteiger partial charge in [-0.15, -0.1) is 0 Å². The predicted octanol–water partition coefficient (Wildman–Crippen LogP) is 1.40. The molecule has 0 saturated heterocycles. The molecule has 6 nitrogen and oxygen atoms in total. The van der Waals surface area contributed by atoms with E-state index in [1.165, 1.54) is 12.4 Å². The normalized spacial score (nSPS) is 12.1. The number of carbonyl (C=O) groups is 1. The number of hydrogen-bond donors (Lipinski definition) is 2. The van der Waals surface area contributed by atoms with Gasteiger partial charge in [0.25, 0.3) is 0 Å². The minimum Gasteiger partial charge on any atom is -0.476 e. The lowest BCUT2D eigenvalue weighted by Gasteiger charge is -2.17. The molecule has 1 aromatic rings. The second kappa shape index (κ2) is 6.80. The number of hydrogen-bond acceptors (Lipinski definition) is 5. The summed E-state index contributed by atoms with van der Waals surface area (Å²) in [7, 11) is 1.63. The molecule has 1 aromatic heterocycles. The second-order valence-corrected chi connectivity index (χ2v) is 3.68. The van der Waals surface area contributed by atoms with Crippen molar-refractivity contribution in [1.29, 1.82) is 0 Å². The molecule has 0 saturated carbocycles. The third-order valence-electron chi connectivity index (χ3n) is 2.21. The Hall–Kier alpha value is -1.69. The first-order chi connectivity index (χ1) is 8.17. The summed E-state index contributed by atoms with van der Waals surface area (Å²) in [5.74, 6) is -0.625. The lowest BCUT2D eigenvalue weighted by atomic mass is 10.2. The Labute approximate surface area is 100 Å². The standard InChI is InChI=1S/C11H17N3O3/c1-3-4-8(7-17-2)13-10-6-12-5-9(14-10)11(15)16/h5-6,8H,3-4,7H2,1-2H3,(H,13,14)(H,15,16). The molecule has 0 spiro atoms. The van der Waals surface area contributed by atoms with Gasteiger partial charge < -0.3 is 15.2 Å². The topological polar surface area (TPSA) is 84.3 Å². The van der Waals surface area contributed by atoms with Crippen LogP contribution >= 0.6 is 0 Å². The summed E-state index contributed by atoms with van der Waals surface area (Å²) in [5, 5.41) is 11.9. The van der Waals surface area contributed by atoms with Gasteiger partial charge in [0.15, 0.2) is 5.69 Å². The van der Waals surface area contributed by atoms with E-state index in [-0.39, 0.29) is 11.7 Å². The van der Waals surface area contributed by atoms with Crippen LogP contribution in [0.1, 0.15) is 30.3 Å². The van der Waals surface area contributed by atoms with Gasteiger partial charge in [0, 0.05) is 7.11 Å². The number of rotatable bonds is 7. The zero-order valence-electron chi connectivity index (χ0n) is 10.0. The van der Waals surface area contributed by atoms with Gasteiger partial charge in [-0.1, -0.05) is 13.3 Å². The van der Waals surface area contributed by atoms with Crippen LogP contribution in [0.15, 0.2) is 12.4 Å². The van der Waals surface area contributed by atoms with Gasteiger partial charge in [-0.2, -0.15) is 0 Å². The van der Waals surface area contributed by atoms with Crippen LogP contribution in [0.4, 0.5) is 5.82 Å². The van der Waals surface area contributed by atoms with Crippen molar-refractivity contribution in [1.82, 2.24) is 9.97 Å². The fourth-order valence-electron chi connectivity index (χ4n) is 1.49. The second-order valence-electron chi connectivity index (χ2n) is 3.68. The Morgan fingerprint density at radius 2 is 2.35 bits per heavy atom. The van der Waals surface area contributed by atoms with Crippen molar-refractivity contribution in [3.8, 4) is 0 Å². The molecule has 0 amide bonds. The van der Waals surface area contributed by atoms with Crippen LogP contribution in [0, 0.1) is 0 Å². The van der Waals surface area contributed by atoms with Gasteiger partial charge in [0.2, 0.25) is 0 Å². The van der Waals surface area contributed by atoms with E-state index >= 15 is 0 Å². The zero-order valence-corrected chi connectivity index (χ0v) is 10.0. The van der Waals surface area contributed by atoms with Crippen LogP contribution in [0.25, 0.3) is 0 Å². The van der Waals surface area contributed by atoms with Crippen LogP contribution in [0.2, 0.25) is 0 Å². The summed E-state index contributed by atoms with van der Waals surface area (Å²) in [4.78, 5) is 18.5. The average Bonchev–Trinajstić information content (AvgIpc) is 2.30. The van der Waals surface area contributed by atoms with Gasteiger partial charge in [0.05, 0.1) is 25.0 Å². The summed E-state index contributed by atoms with van der Waals surface area (Å²) in [6, 6.07) is 0.114. The van der Waals surface area contributed by atoms with Crippen molar-refractivity contribution >= 4 is 11.8 Å². The molecule has 0 aliphatic carbocycles. The number of anilines is 1. The Morgan fingerprint density at radius 3 is 2.94 bits per heavy atom. The smallest absolute Gasteiger partial charge is 0.356 e. The maximum atomic E-state index is 10.7. The van der Waals surface area contributed by atoms with Crippen LogP contribution in [-0.4, -0.2) is 40.8 Å². The van der Waals surface area contributed by atoms with E-state index < -0.39 is 5.97 Å². The molecular formula is C11H17N3O3. The van der Waals surface area contributed by atoms with E-state index in [9.17, 15) is 4.79 Å². The van der Waals surface area contributed by atoms with Crippen LogP contribution in [-0.2, 0) is 4.74 Å². The van der Waals surface area contributed by atoms with Crippen LogP contribution in [0.5, 0.6) is 0 Å². The number of methoxy groups -OCH3 is 1. The van der Waals surface area contributed by atoms with Crippen molar-refractivity contribution in [3.63, 3.8) is 0 Å². The molecule has 94 valence electrons. The van der Waals surface area contributed by atoms with Crippen molar-refractivity contribution in [2.45, 2.75) is 25.8 Å². The predicted molar refractivity (Wildman–Crippen MR) is 63.2 cm³/mol. The number of nitrogens with one attached hydrogen (secondary N) is 1. The Morgan fingerprint density at radius 1 is 1.59 bits per heavy atom. The number of aromatic carboxylic acids is 1. The van der Waals surface area contributed by atoms with E-state index in [0.29, 0.717) is 12.4 Å². The van der Waals surface area contributed by atoms with Gasteiger partial charge in [-0.05, 0) is 6.42 Å². The molecule has 17 heavy (non-hydrogen) atoms. The minimum absolute atomic E-state index is 0.0670. The maximum Gasteiger partial charge on any atom is 0.356 e. The SMILES string of the molecule is CCCC(COC)Nc1cncc(C(=O)O)n1. The van der Waals surface area contributed by atoms with Gasteiger partial charge in [0.1, 0.15) is 5.82 Å². The largest absolute Gasteiger partial charge is 0.476 e. The molecule has 0 aromatic carbocycles. The molecule has 6 heteroatoms. The Kier molecular flexibility index (Phi) is 5.35. The Balaban J connectivity index is 2.71. The number of carboxylic acid groups (broad SMARTS) is 1. The summed E-state index contributed by atoms with van der Waals surface area (Å²) in [6.45, 7) is 2.62. The first kappa shape index (κ1) is 13.4. The highest BCUT2D eigenvalue weighted by Gasteiger charge is 2.10. The lowest BCUT2D eigenvalue weighted by Crippen LogP contribution is -2.25. The molecule has 0 fully saturated rings. The van der Waals surface area contributed by atoms with E-state index in [1.807, 2.05) is 0 Å². The van der Waals surface area contributed by atoms with E-state index in [2.05, 4.69) is 22.2 Å². The lowest BCUT2D eigenvalue weighted by molar-refractivity contribution is 0.0690. The molecule has 0 aliphatic heterocycles. The first-order valence-corrected chi connectivity index (χ1v) is 5.48. The minimum atomic E-state index is -1.08.